The highest BCUT2D eigenvalue weighted by molar-refractivity contribution is 5.66. The summed E-state index contributed by atoms with van der Waals surface area (Å²) in [5.74, 6) is -0.496. The van der Waals surface area contributed by atoms with Gasteiger partial charge in [-0.25, -0.2) is 0 Å². The van der Waals surface area contributed by atoms with Crippen molar-refractivity contribution in [2.45, 2.75) is 78.9 Å². The number of fused-ring (bicyclic) bond motifs is 1. The standard InChI is InChI=1S/C24H38O6/c1-15(9-10-29-17(3)25)7-8-20-16(2)21(28)11-22-23(5,14-30-18(4)26)12-19(27)13-24(20,22)6/h9,19-22,27-28H,2,7-8,10-14H2,1,3-6H3/b15-9-/t19-,20?,21+,22?,23+,24+/m0/s1. The first-order valence-corrected chi connectivity index (χ1v) is 10.9. The summed E-state index contributed by atoms with van der Waals surface area (Å²) in [6.45, 7) is 13.8. The van der Waals surface area contributed by atoms with Gasteiger partial charge < -0.3 is 19.7 Å². The highest BCUT2D eigenvalue weighted by Gasteiger charge is 2.58. The third kappa shape index (κ3) is 5.52. The normalized spacial score (nSPS) is 36.8. The summed E-state index contributed by atoms with van der Waals surface area (Å²) in [5, 5.41) is 21.5. The maximum Gasteiger partial charge on any atom is 0.302 e. The van der Waals surface area contributed by atoms with E-state index in [1.54, 1.807) is 0 Å². The zero-order valence-electron chi connectivity index (χ0n) is 19.1. The Morgan fingerprint density at radius 3 is 2.37 bits per heavy atom. The summed E-state index contributed by atoms with van der Waals surface area (Å²) >= 11 is 0. The van der Waals surface area contributed by atoms with Crippen molar-refractivity contribution in [3.05, 3.63) is 23.8 Å². The van der Waals surface area contributed by atoms with Gasteiger partial charge in [0, 0.05) is 19.3 Å². The molecule has 6 heteroatoms. The lowest BCUT2D eigenvalue weighted by Crippen LogP contribution is -2.58. The fraction of sp³-hybridized carbons (Fsp3) is 0.750. The monoisotopic (exact) mass is 422 g/mol. The van der Waals surface area contributed by atoms with Crippen molar-refractivity contribution < 1.29 is 29.3 Å². The molecule has 0 aliphatic heterocycles. The van der Waals surface area contributed by atoms with Gasteiger partial charge in [0.1, 0.15) is 6.61 Å². The summed E-state index contributed by atoms with van der Waals surface area (Å²) in [5.41, 5.74) is 1.28. The van der Waals surface area contributed by atoms with Gasteiger partial charge in [-0.15, -0.1) is 0 Å². The number of hydrogen-bond acceptors (Lipinski definition) is 6. The van der Waals surface area contributed by atoms with Crippen LogP contribution in [-0.2, 0) is 19.1 Å². The first-order valence-electron chi connectivity index (χ1n) is 10.9. The molecule has 0 bridgehead atoms. The lowest BCUT2D eigenvalue weighted by molar-refractivity contribution is -0.167. The summed E-state index contributed by atoms with van der Waals surface area (Å²) < 4.78 is 10.4. The van der Waals surface area contributed by atoms with Crippen LogP contribution in [0.15, 0.2) is 23.8 Å². The van der Waals surface area contributed by atoms with Crippen LogP contribution in [0.5, 0.6) is 0 Å². The Morgan fingerprint density at radius 2 is 1.77 bits per heavy atom. The number of hydrogen-bond donors (Lipinski definition) is 2. The third-order valence-corrected chi connectivity index (χ3v) is 7.30. The number of aliphatic hydroxyl groups is 2. The molecule has 0 aromatic heterocycles. The van der Waals surface area contributed by atoms with E-state index in [9.17, 15) is 19.8 Å². The minimum Gasteiger partial charge on any atom is -0.465 e. The van der Waals surface area contributed by atoms with Gasteiger partial charge in [-0.2, -0.15) is 0 Å². The van der Waals surface area contributed by atoms with Crippen LogP contribution in [0.3, 0.4) is 0 Å². The van der Waals surface area contributed by atoms with Gasteiger partial charge in [-0.1, -0.05) is 26.0 Å². The van der Waals surface area contributed by atoms with E-state index in [1.807, 2.05) is 13.0 Å². The Labute approximate surface area is 180 Å². The molecule has 0 aromatic rings. The van der Waals surface area contributed by atoms with Crippen LogP contribution in [0.2, 0.25) is 0 Å². The predicted molar refractivity (Wildman–Crippen MR) is 114 cm³/mol. The molecule has 2 aliphatic carbocycles. The molecule has 0 amide bonds. The average Bonchev–Trinajstić information content (AvgIpc) is 2.61. The zero-order chi connectivity index (χ0) is 22.7. The van der Waals surface area contributed by atoms with Crippen molar-refractivity contribution in [3.8, 4) is 0 Å². The fourth-order valence-electron chi connectivity index (χ4n) is 5.88. The second-order valence-electron chi connectivity index (χ2n) is 9.83. The van der Waals surface area contributed by atoms with E-state index in [2.05, 4.69) is 20.4 Å². The minimum atomic E-state index is -0.606. The molecule has 0 spiro atoms. The van der Waals surface area contributed by atoms with E-state index < -0.39 is 17.6 Å². The number of ether oxygens (including phenoxy) is 2. The second kappa shape index (κ2) is 9.65. The smallest absolute Gasteiger partial charge is 0.302 e. The molecule has 0 saturated heterocycles. The van der Waals surface area contributed by atoms with Crippen molar-refractivity contribution in [3.63, 3.8) is 0 Å². The Kier molecular flexibility index (Phi) is 7.91. The van der Waals surface area contributed by atoms with Gasteiger partial charge in [0.2, 0.25) is 0 Å². The first-order chi connectivity index (χ1) is 13.9. The van der Waals surface area contributed by atoms with E-state index in [-0.39, 0.29) is 42.4 Å². The summed E-state index contributed by atoms with van der Waals surface area (Å²) in [4.78, 5) is 22.4. The molecule has 2 unspecified atom stereocenters. The second-order valence-corrected chi connectivity index (χ2v) is 9.83. The minimum absolute atomic E-state index is 0.0370. The Morgan fingerprint density at radius 1 is 1.13 bits per heavy atom. The van der Waals surface area contributed by atoms with Gasteiger partial charge in [0.25, 0.3) is 0 Å². The Hall–Kier alpha value is -1.66. The van der Waals surface area contributed by atoms with Gasteiger partial charge >= 0.3 is 11.9 Å². The molecule has 0 radical (unpaired) electrons. The molecule has 0 aromatic carbocycles. The molecule has 2 fully saturated rings. The highest BCUT2D eigenvalue weighted by Crippen LogP contribution is 2.62. The molecule has 0 heterocycles. The van der Waals surface area contributed by atoms with Crippen LogP contribution in [0.1, 0.15) is 66.7 Å². The molecule has 6 atom stereocenters. The van der Waals surface area contributed by atoms with E-state index in [0.29, 0.717) is 19.3 Å². The van der Waals surface area contributed by atoms with E-state index in [1.165, 1.54) is 13.8 Å². The topological polar surface area (TPSA) is 93.1 Å². The maximum atomic E-state index is 11.5. The van der Waals surface area contributed by atoms with E-state index in [4.69, 9.17) is 9.47 Å². The summed E-state index contributed by atoms with van der Waals surface area (Å²) in [7, 11) is 0. The molecule has 170 valence electrons. The molecular formula is C24H38O6. The molecule has 2 rings (SSSR count). The lowest BCUT2D eigenvalue weighted by atomic mass is 9.45. The average molecular weight is 423 g/mol. The van der Waals surface area contributed by atoms with Gasteiger partial charge in [-0.05, 0) is 67.9 Å². The largest absolute Gasteiger partial charge is 0.465 e. The Bertz CT molecular complexity index is 698. The fourth-order valence-corrected chi connectivity index (χ4v) is 5.88. The third-order valence-electron chi connectivity index (χ3n) is 7.30. The molecule has 2 N–H and O–H groups in total. The van der Waals surface area contributed by atoms with Crippen LogP contribution in [0.25, 0.3) is 0 Å². The van der Waals surface area contributed by atoms with Gasteiger partial charge in [0.05, 0.1) is 18.8 Å². The predicted octanol–water partition coefficient (Wildman–Crippen LogP) is 3.56. The van der Waals surface area contributed by atoms with Crippen LogP contribution >= 0.6 is 0 Å². The summed E-state index contributed by atoms with van der Waals surface area (Å²) in [6.07, 6.45) is 4.15. The SMILES string of the molecule is C=C1C(CC/C(C)=C\COC(C)=O)[C@@]2(C)C[C@@H](O)C[C@](C)(COC(C)=O)C2C[C@H]1O. The van der Waals surface area contributed by atoms with Crippen LogP contribution in [0.4, 0.5) is 0 Å². The number of carbonyl (C=O) groups excluding carboxylic acids is 2. The number of carbonyl (C=O) groups is 2. The molecule has 30 heavy (non-hydrogen) atoms. The number of rotatable bonds is 7. The number of allylic oxidation sites excluding steroid dienone is 1. The molecule has 2 aliphatic rings. The highest BCUT2D eigenvalue weighted by atomic mass is 16.5. The van der Waals surface area contributed by atoms with Crippen molar-refractivity contribution in [1.82, 2.24) is 0 Å². The van der Waals surface area contributed by atoms with Crippen molar-refractivity contribution in [2.75, 3.05) is 13.2 Å². The number of esters is 2. The number of aliphatic hydroxyl groups excluding tert-OH is 2. The maximum absolute atomic E-state index is 11.5. The van der Waals surface area contributed by atoms with Crippen LogP contribution in [-0.4, -0.2) is 47.6 Å². The lowest BCUT2D eigenvalue weighted by Gasteiger charge is -2.60. The van der Waals surface area contributed by atoms with Crippen molar-refractivity contribution in [2.24, 2.45) is 22.7 Å². The quantitative estimate of drug-likeness (QED) is 0.481. The van der Waals surface area contributed by atoms with Gasteiger partial charge in [-0.3, -0.25) is 9.59 Å². The molecular weight excluding hydrogens is 384 g/mol. The van der Waals surface area contributed by atoms with Crippen LogP contribution in [0, 0.1) is 22.7 Å². The van der Waals surface area contributed by atoms with E-state index in [0.717, 1.165) is 24.0 Å². The molecule has 2 saturated carbocycles. The molecule has 6 nitrogen and oxygen atoms in total. The first kappa shape index (κ1) is 24.6. The van der Waals surface area contributed by atoms with Crippen molar-refractivity contribution in [1.29, 1.82) is 0 Å². The summed E-state index contributed by atoms with van der Waals surface area (Å²) in [6, 6.07) is 0. The van der Waals surface area contributed by atoms with Gasteiger partial charge in [0.15, 0.2) is 0 Å². The zero-order valence-corrected chi connectivity index (χ0v) is 19.1. The Balaban J connectivity index is 2.23. The van der Waals surface area contributed by atoms with E-state index >= 15 is 0 Å². The van der Waals surface area contributed by atoms with Crippen LogP contribution < -0.4 is 0 Å². The van der Waals surface area contributed by atoms with Crippen molar-refractivity contribution >= 4 is 11.9 Å².